The minimum Gasteiger partial charge on any atom is -0.458 e. The molecule has 0 radical (unpaired) electrons. The van der Waals surface area contributed by atoms with Crippen LogP contribution in [0.4, 0.5) is 0 Å². The van der Waals surface area contributed by atoms with Gasteiger partial charge in [-0.2, -0.15) is 0 Å². The minimum atomic E-state index is 0.646. The number of hydrogen-bond acceptors (Lipinski definition) is 1. The van der Waals surface area contributed by atoms with Crippen molar-refractivity contribution in [2.75, 3.05) is 0 Å². The number of aromatic amines is 1. The van der Waals surface area contributed by atoms with Gasteiger partial charge in [-0.3, -0.25) is 0 Å². The lowest BCUT2D eigenvalue weighted by Crippen LogP contribution is -1.89. The van der Waals surface area contributed by atoms with Crippen molar-refractivity contribution in [1.29, 1.82) is 0 Å². The summed E-state index contributed by atoms with van der Waals surface area (Å²) in [7, 11) is 0. The standard InChI is InChI=1S/C13H13NO/c1-3-4-10(2)15-12-5-6-13-11(9-12)7-8-14-13/h3-9,14H,2H2,1H3. The molecule has 0 fully saturated rings. The van der Waals surface area contributed by atoms with E-state index in [0.29, 0.717) is 5.76 Å². The van der Waals surface area contributed by atoms with Crippen LogP contribution in [0.1, 0.15) is 6.92 Å². The van der Waals surface area contributed by atoms with Crippen molar-refractivity contribution in [1.82, 2.24) is 4.98 Å². The number of ether oxygens (including phenoxy) is 1. The van der Waals surface area contributed by atoms with E-state index in [2.05, 4.69) is 11.6 Å². The fraction of sp³-hybridized carbons (Fsp3) is 0.0769. The van der Waals surface area contributed by atoms with Crippen molar-refractivity contribution in [3.8, 4) is 5.75 Å². The highest BCUT2D eigenvalue weighted by molar-refractivity contribution is 5.80. The Hall–Kier alpha value is -1.96. The molecule has 0 amide bonds. The van der Waals surface area contributed by atoms with Gasteiger partial charge >= 0.3 is 0 Å². The molecular formula is C13H13NO. The van der Waals surface area contributed by atoms with E-state index in [1.165, 1.54) is 0 Å². The van der Waals surface area contributed by atoms with Crippen molar-refractivity contribution in [3.63, 3.8) is 0 Å². The smallest absolute Gasteiger partial charge is 0.128 e. The molecular weight excluding hydrogens is 186 g/mol. The summed E-state index contributed by atoms with van der Waals surface area (Å²) in [4.78, 5) is 3.13. The summed E-state index contributed by atoms with van der Waals surface area (Å²) in [5.41, 5.74) is 1.11. The zero-order valence-corrected chi connectivity index (χ0v) is 8.66. The SMILES string of the molecule is C=C(C=CC)Oc1ccc2[nH]ccc2c1. The van der Waals surface area contributed by atoms with Crippen molar-refractivity contribution in [2.24, 2.45) is 0 Å². The average molecular weight is 199 g/mol. The first kappa shape index (κ1) is 9.59. The predicted molar refractivity (Wildman–Crippen MR) is 62.9 cm³/mol. The van der Waals surface area contributed by atoms with Crippen LogP contribution in [0.5, 0.6) is 5.75 Å². The Bertz CT molecular complexity index is 508. The third-order valence-electron chi connectivity index (χ3n) is 2.13. The van der Waals surface area contributed by atoms with Gasteiger partial charge in [0.05, 0.1) is 0 Å². The number of hydrogen-bond donors (Lipinski definition) is 1. The number of benzene rings is 1. The zero-order valence-electron chi connectivity index (χ0n) is 8.66. The summed E-state index contributed by atoms with van der Waals surface area (Å²) in [5, 5.41) is 1.14. The highest BCUT2D eigenvalue weighted by Crippen LogP contribution is 2.21. The van der Waals surface area contributed by atoms with Crippen molar-refractivity contribution in [3.05, 3.63) is 55.0 Å². The van der Waals surface area contributed by atoms with E-state index in [1.54, 1.807) is 0 Å². The summed E-state index contributed by atoms with van der Waals surface area (Å²) in [5.74, 6) is 1.46. The van der Waals surface area contributed by atoms with Gasteiger partial charge < -0.3 is 9.72 Å². The summed E-state index contributed by atoms with van der Waals surface area (Å²) in [6.45, 7) is 5.73. The molecule has 1 N–H and O–H groups in total. The number of H-pyrrole nitrogens is 1. The Balaban J connectivity index is 2.24. The Morgan fingerprint density at radius 1 is 1.40 bits per heavy atom. The Morgan fingerprint density at radius 2 is 2.27 bits per heavy atom. The highest BCUT2D eigenvalue weighted by Gasteiger charge is 1.98. The van der Waals surface area contributed by atoms with Crippen LogP contribution in [0.2, 0.25) is 0 Å². The lowest BCUT2D eigenvalue weighted by Gasteiger charge is -2.04. The van der Waals surface area contributed by atoms with Crippen LogP contribution in [0.15, 0.2) is 55.0 Å². The fourth-order valence-electron chi connectivity index (χ4n) is 1.47. The molecule has 0 bridgehead atoms. The van der Waals surface area contributed by atoms with E-state index in [-0.39, 0.29) is 0 Å². The topological polar surface area (TPSA) is 25.0 Å². The first-order chi connectivity index (χ1) is 7.29. The van der Waals surface area contributed by atoms with E-state index in [4.69, 9.17) is 4.74 Å². The number of aromatic nitrogens is 1. The third-order valence-corrected chi connectivity index (χ3v) is 2.13. The van der Waals surface area contributed by atoms with E-state index < -0.39 is 0 Å². The van der Waals surface area contributed by atoms with Crippen LogP contribution in [-0.2, 0) is 0 Å². The summed E-state index contributed by atoms with van der Waals surface area (Å²) >= 11 is 0. The number of rotatable bonds is 3. The number of allylic oxidation sites excluding steroid dienone is 2. The molecule has 0 atom stereocenters. The molecule has 0 saturated heterocycles. The Morgan fingerprint density at radius 3 is 3.07 bits per heavy atom. The predicted octanol–water partition coefficient (Wildman–Crippen LogP) is 3.64. The van der Waals surface area contributed by atoms with Gasteiger partial charge in [-0.25, -0.2) is 0 Å². The van der Waals surface area contributed by atoms with Crippen LogP contribution in [0.25, 0.3) is 10.9 Å². The first-order valence-corrected chi connectivity index (χ1v) is 4.86. The largest absolute Gasteiger partial charge is 0.458 e. The normalized spacial score (nSPS) is 11.0. The second-order valence-corrected chi connectivity index (χ2v) is 3.30. The number of nitrogens with one attached hydrogen (secondary N) is 1. The Labute approximate surface area is 88.9 Å². The van der Waals surface area contributed by atoms with Gasteiger partial charge in [0.2, 0.25) is 0 Å². The van der Waals surface area contributed by atoms with E-state index in [9.17, 15) is 0 Å². The monoisotopic (exact) mass is 199 g/mol. The van der Waals surface area contributed by atoms with E-state index in [1.807, 2.05) is 49.5 Å². The maximum atomic E-state index is 5.54. The van der Waals surface area contributed by atoms with Gasteiger partial charge in [0, 0.05) is 17.1 Å². The molecule has 0 aliphatic rings. The van der Waals surface area contributed by atoms with Gasteiger partial charge in [-0.05, 0) is 37.3 Å². The van der Waals surface area contributed by atoms with E-state index in [0.717, 1.165) is 16.7 Å². The number of fused-ring (bicyclic) bond motifs is 1. The lowest BCUT2D eigenvalue weighted by atomic mass is 10.2. The van der Waals surface area contributed by atoms with Crippen molar-refractivity contribution < 1.29 is 4.74 Å². The van der Waals surface area contributed by atoms with Crippen molar-refractivity contribution >= 4 is 10.9 Å². The van der Waals surface area contributed by atoms with Crippen LogP contribution >= 0.6 is 0 Å². The molecule has 0 saturated carbocycles. The fourth-order valence-corrected chi connectivity index (χ4v) is 1.47. The minimum absolute atomic E-state index is 0.646. The van der Waals surface area contributed by atoms with Gasteiger partial charge in [0.25, 0.3) is 0 Å². The molecule has 76 valence electrons. The third kappa shape index (κ3) is 2.10. The van der Waals surface area contributed by atoms with E-state index >= 15 is 0 Å². The molecule has 1 heterocycles. The lowest BCUT2D eigenvalue weighted by molar-refractivity contribution is 0.447. The molecule has 2 heteroatoms. The molecule has 2 rings (SSSR count). The van der Waals surface area contributed by atoms with Gasteiger partial charge in [-0.1, -0.05) is 12.7 Å². The second kappa shape index (κ2) is 4.05. The first-order valence-electron chi connectivity index (χ1n) is 4.86. The molecule has 0 aliphatic heterocycles. The molecule has 2 nitrogen and oxygen atoms in total. The van der Waals surface area contributed by atoms with Gasteiger partial charge in [0.1, 0.15) is 11.5 Å². The second-order valence-electron chi connectivity index (χ2n) is 3.30. The molecule has 0 aliphatic carbocycles. The molecule has 2 aromatic rings. The summed E-state index contributed by atoms with van der Waals surface area (Å²) in [6.07, 6.45) is 5.65. The quantitative estimate of drug-likeness (QED) is 0.592. The molecule has 1 aromatic heterocycles. The van der Waals surface area contributed by atoms with Crippen LogP contribution in [0.3, 0.4) is 0 Å². The molecule has 1 aromatic carbocycles. The maximum absolute atomic E-state index is 5.54. The zero-order chi connectivity index (χ0) is 10.7. The Kier molecular flexibility index (Phi) is 2.59. The molecule has 0 unspecified atom stereocenters. The van der Waals surface area contributed by atoms with Crippen LogP contribution in [-0.4, -0.2) is 4.98 Å². The van der Waals surface area contributed by atoms with Crippen LogP contribution < -0.4 is 4.74 Å². The average Bonchev–Trinajstić information content (AvgIpc) is 2.65. The van der Waals surface area contributed by atoms with Gasteiger partial charge in [0.15, 0.2) is 0 Å². The summed E-state index contributed by atoms with van der Waals surface area (Å²) < 4.78 is 5.54. The molecule has 15 heavy (non-hydrogen) atoms. The molecule has 0 spiro atoms. The van der Waals surface area contributed by atoms with Crippen LogP contribution in [0, 0.1) is 0 Å². The maximum Gasteiger partial charge on any atom is 0.128 e. The van der Waals surface area contributed by atoms with Crippen molar-refractivity contribution in [2.45, 2.75) is 6.92 Å². The van der Waals surface area contributed by atoms with Gasteiger partial charge in [-0.15, -0.1) is 0 Å². The highest BCUT2D eigenvalue weighted by atomic mass is 16.5. The summed E-state index contributed by atoms with van der Waals surface area (Å²) in [6, 6.07) is 7.92.